The van der Waals surface area contributed by atoms with E-state index in [-0.39, 0.29) is 40.7 Å². The van der Waals surface area contributed by atoms with Gasteiger partial charge in [0.2, 0.25) is 5.75 Å². The number of benzene rings is 2. The van der Waals surface area contributed by atoms with Gasteiger partial charge in [-0.1, -0.05) is 11.2 Å². The largest absolute Gasteiger partial charge is 0.490 e. The molecule has 2 aliphatic rings. The summed E-state index contributed by atoms with van der Waals surface area (Å²) in [4.78, 5) is 8.45. The molecule has 12 heteroatoms. The molecule has 0 unspecified atom stereocenters. The topological polar surface area (TPSA) is 88.1 Å². The summed E-state index contributed by atoms with van der Waals surface area (Å²) in [5.41, 5.74) is 0.549. The monoisotopic (exact) mass is 485 g/mol. The van der Waals surface area contributed by atoms with Crippen LogP contribution in [-0.2, 0) is 6.54 Å². The lowest BCUT2D eigenvalue weighted by Gasteiger charge is -2.11. The van der Waals surface area contributed by atoms with E-state index in [1.54, 1.807) is 0 Å². The molecule has 0 radical (unpaired) electrons. The van der Waals surface area contributed by atoms with Crippen LogP contribution in [0.25, 0.3) is 34.0 Å². The molecule has 0 saturated heterocycles. The first-order chi connectivity index (χ1) is 16.9. The van der Waals surface area contributed by atoms with E-state index in [1.807, 2.05) is 0 Å². The second-order valence-electron chi connectivity index (χ2n) is 7.36. The SMILES string of the molecule is COc1c(F)cc(-c2cc(Cn3cc4nc(-c5cccc(F)c5F)nc-4cn3)on2)c(F)c1OC. The number of aromatic nitrogens is 5. The van der Waals surface area contributed by atoms with Gasteiger partial charge < -0.3 is 14.0 Å². The molecule has 5 rings (SSSR count). The molecular weight excluding hydrogens is 470 g/mol. The van der Waals surface area contributed by atoms with Crippen molar-refractivity contribution in [2.45, 2.75) is 6.54 Å². The van der Waals surface area contributed by atoms with Gasteiger partial charge in [0.15, 0.2) is 40.6 Å². The highest BCUT2D eigenvalue weighted by atomic mass is 19.2. The Kier molecular flexibility index (Phi) is 5.55. The summed E-state index contributed by atoms with van der Waals surface area (Å²) in [5, 5.41) is 8.02. The Morgan fingerprint density at radius 3 is 2.40 bits per heavy atom. The van der Waals surface area contributed by atoms with Crippen LogP contribution < -0.4 is 9.47 Å². The molecule has 3 aromatic rings. The third-order valence-electron chi connectivity index (χ3n) is 5.20. The molecule has 0 saturated carbocycles. The number of ether oxygens (including phenoxy) is 2. The second kappa shape index (κ2) is 8.70. The summed E-state index contributed by atoms with van der Waals surface area (Å²) in [6.45, 7) is 0.0663. The van der Waals surface area contributed by atoms with Crippen molar-refractivity contribution in [2.24, 2.45) is 0 Å². The van der Waals surface area contributed by atoms with Crippen LogP contribution in [0.5, 0.6) is 11.5 Å². The first-order valence-electron chi connectivity index (χ1n) is 10.1. The van der Waals surface area contributed by atoms with Crippen LogP contribution in [0.3, 0.4) is 0 Å². The Labute approximate surface area is 195 Å². The third-order valence-corrected chi connectivity index (χ3v) is 5.20. The predicted octanol–water partition coefficient (Wildman–Crippen LogP) is 4.72. The van der Waals surface area contributed by atoms with Gasteiger partial charge in [-0.2, -0.15) is 5.10 Å². The van der Waals surface area contributed by atoms with Gasteiger partial charge in [0.25, 0.3) is 0 Å². The lowest BCUT2D eigenvalue weighted by molar-refractivity contribution is 0.322. The van der Waals surface area contributed by atoms with Gasteiger partial charge in [0, 0.05) is 11.6 Å². The highest BCUT2D eigenvalue weighted by molar-refractivity contribution is 5.66. The Morgan fingerprint density at radius 2 is 1.63 bits per heavy atom. The van der Waals surface area contributed by atoms with E-state index in [2.05, 4.69) is 20.2 Å². The van der Waals surface area contributed by atoms with Crippen molar-refractivity contribution in [3.63, 3.8) is 0 Å². The summed E-state index contributed by atoms with van der Waals surface area (Å²) in [7, 11) is 2.39. The molecule has 0 atom stereocenters. The van der Waals surface area contributed by atoms with Crippen molar-refractivity contribution in [3.05, 3.63) is 71.8 Å². The normalized spacial score (nSPS) is 11.3. The Hall–Kier alpha value is -4.48. The van der Waals surface area contributed by atoms with Gasteiger partial charge in [-0.05, 0) is 18.2 Å². The Balaban J connectivity index is 1.43. The van der Waals surface area contributed by atoms with Crippen molar-refractivity contribution in [3.8, 4) is 45.5 Å². The van der Waals surface area contributed by atoms with Crippen LogP contribution in [0.2, 0.25) is 0 Å². The zero-order chi connectivity index (χ0) is 24.7. The van der Waals surface area contributed by atoms with Gasteiger partial charge in [-0.3, -0.25) is 4.68 Å². The highest BCUT2D eigenvalue weighted by Crippen LogP contribution is 2.39. The fourth-order valence-corrected chi connectivity index (χ4v) is 3.56. The number of imidazole rings is 1. The molecule has 2 aromatic carbocycles. The average Bonchev–Trinajstić information content (AvgIpc) is 3.48. The molecule has 0 amide bonds. The van der Waals surface area contributed by atoms with Gasteiger partial charge in [-0.25, -0.2) is 27.5 Å². The minimum atomic E-state index is -1.04. The maximum atomic E-state index is 14.9. The Morgan fingerprint density at radius 1 is 0.857 bits per heavy atom. The molecule has 0 spiro atoms. The fraction of sp³-hybridized carbons (Fsp3) is 0.130. The fourth-order valence-electron chi connectivity index (χ4n) is 3.56. The summed E-state index contributed by atoms with van der Waals surface area (Å²) < 4.78 is 73.4. The minimum absolute atomic E-state index is 0.0180. The van der Waals surface area contributed by atoms with Crippen LogP contribution >= 0.6 is 0 Å². The van der Waals surface area contributed by atoms with Crippen LogP contribution in [0.1, 0.15) is 5.76 Å². The number of halogens is 4. The quantitative estimate of drug-likeness (QED) is 0.322. The summed E-state index contributed by atoms with van der Waals surface area (Å²) in [6.07, 6.45) is 2.94. The van der Waals surface area contributed by atoms with Crippen LogP contribution in [-0.4, -0.2) is 39.1 Å². The van der Waals surface area contributed by atoms with E-state index in [9.17, 15) is 17.6 Å². The van der Waals surface area contributed by atoms with E-state index < -0.39 is 29.0 Å². The lowest BCUT2D eigenvalue weighted by Crippen LogP contribution is -2.04. The van der Waals surface area contributed by atoms with E-state index in [0.29, 0.717) is 11.4 Å². The maximum absolute atomic E-state index is 14.9. The third kappa shape index (κ3) is 3.92. The number of hydrogen-bond donors (Lipinski definition) is 0. The van der Waals surface area contributed by atoms with Gasteiger partial charge in [0.05, 0.1) is 32.2 Å². The molecule has 8 nitrogen and oxygen atoms in total. The maximum Gasteiger partial charge on any atom is 0.200 e. The molecule has 0 N–H and O–H groups in total. The second-order valence-corrected chi connectivity index (χ2v) is 7.36. The summed E-state index contributed by atoms with van der Waals surface area (Å²) in [6, 6.07) is 6.10. The van der Waals surface area contributed by atoms with E-state index >= 15 is 0 Å². The summed E-state index contributed by atoms with van der Waals surface area (Å²) >= 11 is 0. The summed E-state index contributed by atoms with van der Waals surface area (Å²) in [5.74, 6) is -4.19. The molecule has 2 aliphatic heterocycles. The van der Waals surface area contributed by atoms with Crippen molar-refractivity contribution in [2.75, 3.05) is 14.2 Å². The number of nitrogens with zero attached hydrogens (tertiary/aromatic N) is 5. The molecule has 0 fully saturated rings. The average molecular weight is 485 g/mol. The first kappa shape index (κ1) is 22.3. The lowest BCUT2D eigenvalue weighted by atomic mass is 10.1. The van der Waals surface area contributed by atoms with Gasteiger partial charge in [0.1, 0.15) is 23.6 Å². The predicted molar refractivity (Wildman–Crippen MR) is 114 cm³/mol. The number of fused-ring (bicyclic) bond motifs is 1. The molecule has 178 valence electrons. The van der Waals surface area contributed by atoms with E-state index in [0.717, 1.165) is 12.1 Å². The Bertz CT molecular complexity index is 1520. The minimum Gasteiger partial charge on any atom is -0.490 e. The van der Waals surface area contributed by atoms with Crippen molar-refractivity contribution < 1.29 is 31.6 Å². The van der Waals surface area contributed by atoms with Gasteiger partial charge >= 0.3 is 0 Å². The van der Waals surface area contributed by atoms with Crippen molar-refractivity contribution in [1.82, 2.24) is 24.9 Å². The van der Waals surface area contributed by atoms with Crippen molar-refractivity contribution >= 4 is 0 Å². The molecule has 1 aromatic heterocycles. The van der Waals surface area contributed by atoms with Crippen LogP contribution in [0.4, 0.5) is 17.6 Å². The van der Waals surface area contributed by atoms with Crippen molar-refractivity contribution in [1.29, 1.82) is 0 Å². The number of hydrogen-bond acceptors (Lipinski definition) is 7. The molecule has 0 aliphatic carbocycles. The van der Waals surface area contributed by atoms with Crippen LogP contribution in [0, 0.1) is 23.3 Å². The highest BCUT2D eigenvalue weighted by Gasteiger charge is 2.23. The first-order valence-corrected chi connectivity index (χ1v) is 10.1. The smallest absolute Gasteiger partial charge is 0.200 e. The van der Waals surface area contributed by atoms with E-state index in [1.165, 1.54) is 49.5 Å². The van der Waals surface area contributed by atoms with E-state index in [4.69, 9.17) is 14.0 Å². The molecule has 3 heterocycles. The number of methoxy groups -OCH3 is 2. The van der Waals surface area contributed by atoms with Crippen LogP contribution in [0.15, 0.2) is 47.2 Å². The van der Waals surface area contributed by atoms with Gasteiger partial charge in [-0.15, -0.1) is 0 Å². The zero-order valence-corrected chi connectivity index (χ0v) is 18.2. The number of rotatable bonds is 6. The molecular formula is C23H15F4N5O3. The zero-order valence-electron chi connectivity index (χ0n) is 18.2. The standard InChI is InChI=1S/C23H15F4N5O3/c1-33-21-15(25)7-13(20(27)22(21)34-2)16-6-11(35-31-16)9-32-10-18-17(8-28-32)29-23(30-18)12-4-3-5-14(24)19(12)26/h3-8,10H,9H2,1-2H3. The molecule has 35 heavy (non-hydrogen) atoms. The molecule has 0 bridgehead atoms.